The van der Waals surface area contributed by atoms with Crippen molar-refractivity contribution >= 4 is 84.8 Å². The number of fused-ring (bicyclic) bond motifs is 9. The van der Waals surface area contributed by atoms with Crippen molar-refractivity contribution in [3.8, 4) is 51.0 Å². The first-order valence-electron chi connectivity index (χ1n) is 19.0. The highest BCUT2D eigenvalue weighted by Crippen LogP contribution is 2.44. The predicted molar refractivity (Wildman–Crippen MR) is 242 cm³/mol. The summed E-state index contributed by atoms with van der Waals surface area (Å²) in [7, 11) is 0. The lowest BCUT2D eigenvalue weighted by Gasteiger charge is -2.08. The van der Waals surface area contributed by atoms with E-state index in [4.69, 9.17) is 15.0 Å². The van der Waals surface area contributed by atoms with Gasteiger partial charge in [0.2, 0.25) is 0 Å². The Kier molecular flexibility index (Phi) is 7.24. The van der Waals surface area contributed by atoms with Gasteiger partial charge in [0.1, 0.15) is 0 Å². The number of aromatic nitrogens is 4. The zero-order valence-electron chi connectivity index (χ0n) is 30.4. The van der Waals surface area contributed by atoms with Crippen LogP contribution in [0.25, 0.3) is 113 Å². The zero-order chi connectivity index (χ0) is 37.5. The number of thiophene rings is 2. The van der Waals surface area contributed by atoms with Crippen LogP contribution in [0.3, 0.4) is 0 Å². The molecule has 12 rings (SSSR count). The SMILES string of the molecule is c1ccc(-c2nc(-c3ccccc3)nc(-c3ccc4sc5c(-c6ccc7c(c6)sc6cc(-n8c9ccccc9c9ccccc98)ccc67)cccc5c4c3)n2)cc1. The second-order valence-corrected chi connectivity index (χ2v) is 16.5. The minimum absolute atomic E-state index is 0.663. The zero-order valence-corrected chi connectivity index (χ0v) is 32.1. The fourth-order valence-corrected chi connectivity index (χ4v) is 10.8. The topological polar surface area (TPSA) is 43.6 Å². The summed E-state index contributed by atoms with van der Waals surface area (Å²) in [5.74, 6) is 1.99. The van der Waals surface area contributed by atoms with E-state index >= 15 is 0 Å². The van der Waals surface area contributed by atoms with E-state index in [1.165, 1.54) is 79.0 Å². The minimum Gasteiger partial charge on any atom is -0.309 e. The van der Waals surface area contributed by atoms with Gasteiger partial charge in [0.05, 0.1) is 11.0 Å². The summed E-state index contributed by atoms with van der Waals surface area (Å²) in [5, 5.41) is 7.59. The van der Waals surface area contributed by atoms with E-state index in [0.717, 1.165) is 16.7 Å². The van der Waals surface area contributed by atoms with Crippen LogP contribution < -0.4 is 0 Å². The molecule has 0 atom stereocenters. The van der Waals surface area contributed by atoms with Gasteiger partial charge in [0.15, 0.2) is 17.5 Å². The van der Waals surface area contributed by atoms with Gasteiger partial charge in [-0.25, -0.2) is 15.0 Å². The summed E-state index contributed by atoms with van der Waals surface area (Å²) in [6.07, 6.45) is 0. The van der Waals surface area contributed by atoms with Crippen LogP contribution in [0.1, 0.15) is 0 Å². The van der Waals surface area contributed by atoms with Crippen molar-refractivity contribution in [3.63, 3.8) is 0 Å². The Morgan fingerprint density at radius 1 is 0.333 bits per heavy atom. The van der Waals surface area contributed by atoms with Crippen LogP contribution in [-0.2, 0) is 0 Å². The Bertz CT molecular complexity index is 3410. The predicted octanol–water partition coefficient (Wildman–Crippen LogP) is 14.4. The van der Waals surface area contributed by atoms with Gasteiger partial charge in [-0.05, 0) is 59.7 Å². The Hall–Kier alpha value is -6.99. The number of para-hydroxylation sites is 2. The summed E-state index contributed by atoms with van der Waals surface area (Å²) in [5.41, 5.74) is 9.01. The van der Waals surface area contributed by atoms with Crippen LogP contribution in [0.5, 0.6) is 0 Å². The molecule has 57 heavy (non-hydrogen) atoms. The van der Waals surface area contributed by atoms with E-state index < -0.39 is 0 Å². The molecule has 0 aliphatic rings. The molecule has 0 amide bonds. The summed E-state index contributed by atoms with van der Waals surface area (Å²) >= 11 is 3.72. The molecule has 0 spiro atoms. The van der Waals surface area contributed by atoms with E-state index in [2.05, 4.69) is 126 Å². The van der Waals surface area contributed by atoms with Crippen molar-refractivity contribution in [2.45, 2.75) is 0 Å². The van der Waals surface area contributed by atoms with Gasteiger partial charge >= 0.3 is 0 Å². The van der Waals surface area contributed by atoms with Crippen LogP contribution >= 0.6 is 22.7 Å². The molecule has 4 aromatic heterocycles. The number of nitrogens with zero attached hydrogens (tertiary/aromatic N) is 4. The molecule has 0 fully saturated rings. The molecular formula is C51H30N4S2. The maximum atomic E-state index is 5.01. The van der Waals surface area contributed by atoms with Crippen molar-refractivity contribution in [1.82, 2.24) is 19.5 Å². The quantitative estimate of drug-likeness (QED) is 0.175. The first-order chi connectivity index (χ1) is 28.2. The molecule has 0 bridgehead atoms. The average molecular weight is 763 g/mol. The van der Waals surface area contributed by atoms with Crippen molar-refractivity contribution in [2.75, 3.05) is 0 Å². The maximum Gasteiger partial charge on any atom is 0.164 e. The molecule has 0 saturated heterocycles. The van der Waals surface area contributed by atoms with Gasteiger partial charge in [0, 0.05) is 73.5 Å². The Morgan fingerprint density at radius 3 is 1.58 bits per heavy atom. The molecule has 4 nitrogen and oxygen atoms in total. The summed E-state index contributed by atoms with van der Waals surface area (Å²) in [4.78, 5) is 14.9. The number of hydrogen-bond acceptors (Lipinski definition) is 5. The van der Waals surface area contributed by atoms with Crippen LogP contribution in [0, 0.1) is 0 Å². The summed E-state index contributed by atoms with van der Waals surface area (Å²) < 4.78 is 7.50. The van der Waals surface area contributed by atoms with Gasteiger partial charge in [-0.3, -0.25) is 0 Å². The largest absolute Gasteiger partial charge is 0.309 e. The first kappa shape index (κ1) is 32.3. The molecule has 0 aliphatic carbocycles. The molecule has 0 N–H and O–H groups in total. The smallest absolute Gasteiger partial charge is 0.164 e. The summed E-state index contributed by atoms with van der Waals surface area (Å²) in [6, 6.07) is 64.9. The highest BCUT2D eigenvalue weighted by Gasteiger charge is 2.17. The van der Waals surface area contributed by atoms with Gasteiger partial charge < -0.3 is 4.57 Å². The fraction of sp³-hybridized carbons (Fsp3) is 0. The normalized spacial score (nSPS) is 11.9. The van der Waals surface area contributed by atoms with Crippen molar-refractivity contribution in [3.05, 3.63) is 182 Å². The molecule has 12 aromatic rings. The Labute approximate surface area is 335 Å². The molecule has 0 radical (unpaired) electrons. The second-order valence-electron chi connectivity index (χ2n) is 14.4. The third-order valence-electron chi connectivity index (χ3n) is 11.1. The van der Waals surface area contributed by atoms with Crippen LogP contribution in [0.15, 0.2) is 182 Å². The van der Waals surface area contributed by atoms with E-state index in [1.54, 1.807) is 0 Å². The maximum absolute atomic E-state index is 5.01. The van der Waals surface area contributed by atoms with E-state index in [1.807, 2.05) is 83.3 Å². The lowest BCUT2D eigenvalue weighted by Crippen LogP contribution is -2.00. The van der Waals surface area contributed by atoms with Crippen LogP contribution in [0.4, 0.5) is 0 Å². The van der Waals surface area contributed by atoms with Crippen LogP contribution in [-0.4, -0.2) is 19.5 Å². The third-order valence-corrected chi connectivity index (χ3v) is 13.4. The second kappa shape index (κ2) is 12.8. The summed E-state index contributed by atoms with van der Waals surface area (Å²) in [6.45, 7) is 0. The lowest BCUT2D eigenvalue weighted by molar-refractivity contribution is 1.07. The molecule has 8 aromatic carbocycles. The Balaban J connectivity index is 0.958. The monoisotopic (exact) mass is 762 g/mol. The molecule has 0 unspecified atom stereocenters. The minimum atomic E-state index is 0.663. The molecule has 0 aliphatic heterocycles. The highest BCUT2D eigenvalue weighted by atomic mass is 32.1. The Morgan fingerprint density at radius 2 is 0.895 bits per heavy atom. The molecule has 266 valence electrons. The highest BCUT2D eigenvalue weighted by molar-refractivity contribution is 7.26. The fourth-order valence-electron chi connectivity index (χ4n) is 8.38. The van der Waals surface area contributed by atoms with Gasteiger partial charge in [0.25, 0.3) is 0 Å². The van der Waals surface area contributed by atoms with Crippen molar-refractivity contribution in [1.29, 1.82) is 0 Å². The molecule has 6 heteroatoms. The van der Waals surface area contributed by atoms with E-state index in [9.17, 15) is 0 Å². The molecule has 0 saturated carbocycles. The first-order valence-corrected chi connectivity index (χ1v) is 20.6. The number of rotatable bonds is 5. The molecule has 4 heterocycles. The van der Waals surface area contributed by atoms with Gasteiger partial charge in [-0.15, -0.1) is 22.7 Å². The van der Waals surface area contributed by atoms with Crippen LogP contribution in [0.2, 0.25) is 0 Å². The van der Waals surface area contributed by atoms with Gasteiger partial charge in [-0.1, -0.05) is 133 Å². The molecular weight excluding hydrogens is 733 g/mol. The van der Waals surface area contributed by atoms with Crippen molar-refractivity contribution in [2.24, 2.45) is 0 Å². The van der Waals surface area contributed by atoms with Crippen molar-refractivity contribution < 1.29 is 0 Å². The van der Waals surface area contributed by atoms with Gasteiger partial charge in [-0.2, -0.15) is 0 Å². The standard InChI is InChI=1S/C51H30N4S2/c1-3-12-31(13-4-1)49-52-50(32-14-5-2-6-15-32)54-51(53-49)34-23-27-45-42(28-34)41-19-11-18-36(48(41)57-45)33-22-25-39-40-26-24-35(30-47(40)56-46(39)29-33)55-43-20-9-7-16-37(43)38-17-8-10-21-44(38)55/h1-30H. The number of benzene rings is 8. The van der Waals surface area contributed by atoms with E-state index in [-0.39, 0.29) is 0 Å². The van der Waals surface area contributed by atoms with E-state index in [0.29, 0.717) is 17.5 Å². The lowest BCUT2D eigenvalue weighted by atomic mass is 10.0. The average Bonchev–Trinajstić information content (AvgIpc) is 3.95. The third kappa shape index (κ3) is 5.22. The number of hydrogen-bond donors (Lipinski definition) is 0.